The molecular formula is C27H19FN2O4. The molecule has 6 nitrogen and oxygen atoms in total. The third-order valence-corrected chi connectivity index (χ3v) is 5.38. The topological polar surface area (TPSA) is 81.3 Å². The van der Waals surface area contributed by atoms with E-state index < -0.39 is 17.3 Å². The number of H-pyrrole nitrogens is 1. The molecule has 168 valence electrons. The number of aromatic amines is 1. The van der Waals surface area contributed by atoms with Crippen molar-refractivity contribution in [3.8, 4) is 5.75 Å². The number of carbonyl (C=O) groups excluding carboxylic acids is 1. The lowest BCUT2D eigenvalue weighted by Crippen LogP contribution is -2.15. The lowest BCUT2D eigenvalue weighted by molar-refractivity contribution is 0.0471. The van der Waals surface area contributed by atoms with E-state index in [4.69, 9.17) is 9.47 Å². The maximum Gasteiger partial charge on any atom is 0.338 e. The molecule has 0 aliphatic heterocycles. The van der Waals surface area contributed by atoms with Crippen molar-refractivity contribution in [3.05, 3.63) is 118 Å². The summed E-state index contributed by atoms with van der Waals surface area (Å²) in [7, 11) is 0. The summed E-state index contributed by atoms with van der Waals surface area (Å²) < 4.78 is 24.4. The number of ether oxygens (including phenoxy) is 2. The molecule has 5 aromatic rings. The number of nitrogens with zero attached hydrogens (tertiary/aromatic N) is 1. The zero-order chi connectivity index (χ0) is 23.5. The monoisotopic (exact) mass is 454 g/mol. The Bertz CT molecular complexity index is 1560. The van der Waals surface area contributed by atoms with Gasteiger partial charge in [0.25, 0.3) is 5.56 Å². The largest absolute Gasteiger partial charge is 0.487 e. The Morgan fingerprint density at radius 2 is 1.68 bits per heavy atom. The fourth-order valence-electron chi connectivity index (χ4n) is 3.59. The van der Waals surface area contributed by atoms with E-state index in [1.807, 2.05) is 36.4 Å². The molecule has 0 spiro atoms. The molecule has 34 heavy (non-hydrogen) atoms. The Kier molecular flexibility index (Phi) is 5.74. The third kappa shape index (κ3) is 4.63. The van der Waals surface area contributed by atoms with Crippen molar-refractivity contribution in [1.29, 1.82) is 0 Å². The lowest BCUT2D eigenvalue weighted by Gasteiger charge is -2.08. The molecule has 2 heterocycles. The number of hydrogen-bond acceptors (Lipinski definition) is 5. The second-order valence-corrected chi connectivity index (χ2v) is 7.74. The first kappa shape index (κ1) is 21.3. The summed E-state index contributed by atoms with van der Waals surface area (Å²) in [6.45, 7) is 0.0939. The molecule has 1 N–H and O–H groups in total. The minimum Gasteiger partial charge on any atom is -0.487 e. The van der Waals surface area contributed by atoms with Crippen molar-refractivity contribution in [1.82, 2.24) is 9.97 Å². The summed E-state index contributed by atoms with van der Waals surface area (Å²) in [5.74, 6) is -0.422. The minimum absolute atomic E-state index is 0.201. The summed E-state index contributed by atoms with van der Waals surface area (Å²) in [6.07, 6.45) is 0. The first-order chi connectivity index (χ1) is 16.5. The molecule has 5 rings (SSSR count). The van der Waals surface area contributed by atoms with Gasteiger partial charge in [0.1, 0.15) is 24.8 Å². The second-order valence-electron chi connectivity index (χ2n) is 7.74. The molecular weight excluding hydrogens is 435 g/mol. The Labute approximate surface area is 193 Å². The van der Waals surface area contributed by atoms with Gasteiger partial charge in [0.2, 0.25) is 0 Å². The van der Waals surface area contributed by atoms with Crippen LogP contribution >= 0.6 is 0 Å². The van der Waals surface area contributed by atoms with Crippen LogP contribution in [0.5, 0.6) is 5.75 Å². The first-order valence-corrected chi connectivity index (χ1v) is 10.6. The predicted octanol–water partition coefficient (Wildman–Crippen LogP) is 5.15. The number of pyridine rings is 2. The number of fused-ring (bicyclic) bond motifs is 2. The van der Waals surface area contributed by atoms with Crippen LogP contribution in [-0.2, 0) is 18.0 Å². The number of carbonyl (C=O) groups is 1. The van der Waals surface area contributed by atoms with Crippen molar-refractivity contribution < 1.29 is 18.7 Å². The van der Waals surface area contributed by atoms with Gasteiger partial charge in [0, 0.05) is 5.39 Å². The van der Waals surface area contributed by atoms with Crippen molar-refractivity contribution in [2.24, 2.45) is 0 Å². The maximum atomic E-state index is 13.3. The highest BCUT2D eigenvalue weighted by atomic mass is 19.1. The smallest absolute Gasteiger partial charge is 0.338 e. The molecule has 0 saturated carbocycles. The molecule has 0 aliphatic rings. The molecule has 0 radical (unpaired) electrons. The molecule has 0 fully saturated rings. The van der Waals surface area contributed by atoms with Crippen LogP contribution in [0.2, 0.25) is 0 Å². The van der Waals surface area contributed by atoms with E-state index >= 15 is 0 Å². The van der Waals surface area contributed by atoms with Gasteiger partial charge in [-0.1, -0.05) is 24.3 Å². The van der Waals surface area contributed by atoms with Crippen LogP contribution in [0.3, 0.4) is 0 Å². The fourth-order valence-corrected chi connectivity index (χ4v) is 3.59. The molecule has 0 amide bonds. The first-order valence-electron chi connectivity index (χ1n) is 10.6. The van der Waals surface area contributed by atoms with Gasteiger partial charge in [-0.05, 0) is 66.0 Å². The van der Waals surface area contributed by atoms with Gasteiger partial charge >= 0.3 is 5.97 Å². The van der Waals surface area contributed by atoms with Crippen LogP contribution in [0.25, 0.3) is 21.8 Å². The Morgan fingerprint density at radius 3 is 2.53 bits per heavy atom. The SMILES string of the molecule is O=C(OCc1cc2ccc(F)cc2[nH]c1=O)c1ccc(OCc2ccc3ccccc3n2)cc1. The van der Waals surface area contributed by atoms with Gasteiger partial charge in [-0.2, -0.15) is 0 Å². The summed E-state index contributed by atoms with van der Waals surface area (Å²) in [5, 5.41) is 1.71. The van der Waals surface area contributed by atoms with Crippen LogP contribution in [0.15, 0.2) is 89.7 Å². The van der Waals surface area contributed by atoms with Crippen molar-refractivity contribution >= 4 is 27.8 Å². The molecule has 0 bridgehead atoms. The van der Waals surface area contributed by atoms with Crippen LogP contribution in [-0.4, -0.2) is 15.9 Å². The Morgan fingerprint density at radius 1 is 0.882 bits per heavy atom. The van der Waals surface area contributed by atoms with Crippen LogP contribution in [0.4, 0.5) is 4.39 Å². The molecule has 0 unspecified atom stereocenters. The highest BCUT2D eigenvalue weighted by Gasteiger charge is 2.11. The number of para-hydroxylation sites is 1. The normalized spacial score (nSPS) is 11.0. The average Bonchev–Trinajstić information content (AvgIpc) is 2.86. The third-order valence-electron chi connectivity index (χ3n) is 5.38. The highest BCUT2D eigenvalue weighted by molar-refractivity contribution is 5.89. The minimum atomic E-state index is -0.568. The number of halogens is 1. The quantitative estimate of drug-likeness (QED) is 0.359. The highest BCUT2D eigenvalue weighted by Crippen LogP contribution is 2.17. The summed E-state index contributed by atoms with van der Waals surface area (Å²) in [4.78, 5) is 31.8. The molecule has 7 heteroatoms. The number of benzene rings is 3. The van der Waals surface area contributed by atoms with Gasteiger partial charge < -0.3 is 14.5 Å². The Balaban J connectivity index is 1.20. The van der Waals surface area contributed by atoms with E-state index in [1.165, 1.54) is 12.1 Å². The number of aromatic nitrogens is 2. The number of nitrogens with one attached hydrogen (secondary N) is 1. The van der Waals surface area contributed by atoms with Crippen molar-refractivity contribution in [2.75, 3.05) is 0 Å². The van der Waals surface area contributed by atoms with E-state index in [-0.39, 0.29) is 12.2 Å². The number of hydrogen-bond donors (Lipinski definition) is 1. The van der Waals surface area contributed by atoms with Gasteiger partial charge in [-0.15, -0.1) is 0 Å². The summed E-state index contributed by atoms with van der Waals surface area (Å²) >= 11 is 0. The van der Waals surface area contributed by atoms with E-state index in [0.29, 0.717) is 28.8 Å². The van der Waals surface area contributed by atoms with E-state index in [2.05, 4.69) is 9.97 Å². The van der Waals surface area contributed by atoms with E-state index in [0.717, 1.165) is 16.6 Å². The predicted molar refractivity (Wildman–Crippen MR) is 126 cm³/mol. The standard InChI is InChI=1S/C27H19FN2O4/c28-21-9-5-19-13-20(26(31)30-25(19)14-21)15-34-27(32)18-7-11-23(12-8-18)33-16-22-10-6-17-3-1-2-4-24(17)29-22/h1-14H,15-16H2,(H,30,31). The Hall–Kier alpha value is -4.52. The van der Waals surface area contributed by atoms with Gasteiger partial charge in [-0.3, -0.25) is 4.79 Å². The number of rotatable bonds is 6. The van der Waals surface area contributed by atoms with Crippen molar-refractivity contribution in [2.45, 2.75) is 13.2 Å². The second kappa shape index (κ2) is 9.15. The van der Waals surface area contributed by atoms with E-state index in [9.17, 15) is 14.0 Å². The molecule has 3 aromatic carbocycles. The lowest BCUT2D eigenvalue weighted by atomic mass is 10.1. The molecule has 2 aromatic heterocycles. The van der Waals surface area contributed by atoms with Crippen LogP contribution < -0.4 is 10.3 Å². The van der Waals surface area contributed by atoms with Gasteiger partial charge in [-0.25, -0.2) is 14.2 Å². The van der Waals surface area contributed by atoms with Crippen molar-refractivity contribution in [3.63, 3.8) is 0 Å². The van der Waals surface area contributed by atoms with Crippen LogP contribution in [0, 0.1) is 5.82 Å². The fraction of sp³-hybridized carbons (Fsp3) is 0.0741. The van der Waals surface area contributed by atoms with E-state index in [1.54, 1.807) is 36.4 Å². The molecule has 0 saturated heterocycles. The number of esters is 1. The summed E-state index contributed by atoms with van der Waals surface area (Å²) in [6, 6.07) is 24.0. The average molecular weight is 454 g/mol. The molecule has 0 atom stereocenters. The zero-order valence-corrected chi connectivity index (χ0v) is 18.0. The molecule has 0 aliphatic carbocycles. The van der Waals surface area contributed by atoms with Gasteiger partial charge in [0.15, 0.2) is 0 Å². The zero-order valence-electron chi connectivity index (χ0n) is 18.0. The maximum absolute atomic E-state index is 13.3. The summed E-state index contributed by atoms with van der Waals surface area (Å²) in [5.41, 5.74) is 2.25. The van der Waals surface area contributed by atoms with Crippen LogP contribution in [0.1, 0.15) is 21.6 Å². The van der Waals surface area contributed by atoms with Gasteiger partial charge in [0.05, 0.1) is 27.9 Å².